The molecule has 0 aliphatic rings. The van der Waals surface area contributed by atoms with E-state index < -0.39 is 53.3 Å². The lowest BCUT2D eigenvalue weighted by Gasteiger charge is -2.16. The third-order valence-corrected chi connectivity index (χ3v) is 6.94. The minimum Gasteiger partial charge on any atom is -0.423 e. The Morgan fingerprint density at radius 2 is 0.965 bits per heavy atom. The van der Waals surface area contributed by atoms with E-state index in [0.29, 0.717) is 0 Å². The molecule has 3 rings (SSSR count). The quantitative estimate of drug-likeness (QED) is 0.0622. The first-order chi connectivity index (χ1) is 26.6. The molecule has 0 N–H and O–H groups in total. The Morgan fingerprint density at radius 3 is 1.39 bits per heavy atom. The molecular formula is C39H30F6O12. The van der Waals surface area contributed by atoms with Gasteiger partial charge in [-0.15, -0.1) is 0 Å². The second kappa shape index (κ2) is 19.2. The number of carbonyl (C=O) groups is 5. The Hall–Kier alpha value is -6.79. The molecule has 0 amide bonds. The maximum absolute atomic E-state index is 12.9. The minimum absolute atomic E-state index is 0.0330. The van der Waals surface area contributed by atoms with Gasteiger partial charge in [-0.25, -0.2) is 24.0 Å². The molecule has 0 aliphatic carbocycles. The molecule has 0 unspecified atom stereocenters. The fraction of sp³-hybridized carbons (Fsp3) is 0.154. The molecule has 0 aliphatic heterocycles. The van der Waals surface area contributed by atoms with E-state index in [2.05, 4.69) is 31.1 Å². The molecule has 0 saturated heterocycles. The van der Waals surface area contributed by atoms with Crippen molar-refractivity contribution in [1.29, 1.82) is 0 Å². The Kier molecular flexibility index (Phi) is 15.0. The highest BCUT2D eigenvalue weighted by Crippen LogP contribution is 2.39. The van der Waals surface area contributed by atoms with Crippen LogP contribution in [0.25, 0.3) is 17.2 Å². The number of methoxy groups -OCH3 is 2. The lowest BCUT2D eigenvalue weighted by molar-refractivity contribution is -0.143. The first-order valence-electron chi connectivity index (χ1n) is 15.7. The fourth-order valence-electron chi connectivity index (χ4n) is 4.07. The number of carbonyl (C=O) groups excluding carboxylic acids is 5. The normalized spacial score (nSPS) is 11.3. The summed E-state index contributed by atoms with van der Waals surface area (Å²) in [7, 11) is 2.59. The van der Waals surface area contributed by atoms with Gasteiger partial charge in [0.1, 0.15) is 39.9 Å². The number of halogens is 6. The summed E-state index contributed by atoms with van der Waals surface area (Å²) < 4.78 is 112. The second-order valence-corrected chi connectivity index (χ2v) is 11.2. The van der Waals surface area contributed by atoms with E-state index in [4.69, 9.17) is 28.4 Å². The van der Waals surface area contributed by atoms with E-state index >= 15 is 0 Å². The monoisotopic (exact) mass is 804 g/mol. The van der Waals surface area contributed by atoms with Gasteiger partial charge in [0.25, 0.3) is 0 Å². The molecule has 0 radical (unpaired) electrons. The van der Waals surface area contributed by atoms with Gasteiger partial charge in [-0.3, -0.25) is 0 Å². The van der Waals surface area contributed by atoms with Gasteiger partial charge in [0, 0.05) is 31.4 Å². The van der Waals surface area contributed by atoms with Crippen molar-refractivity contribution in [3.63, 3.8) is 0 Å². The molecule has 12 nitrogen and oxygen atoms in total. The molecule has 0 atom stereocenters. The van der Waals surface area contributed by atoms with Crippen LogP contribution in [0.15, 0.2) is 115 Å². The molecule has 18 heteroatoms. The number of benzene rings is 3. The summed E-state index contributed by atoms with van der Waals surface area (Å²) in [6.07, 6.45) is -8.08. The second-order valence-electron chi connectivity index (χ2n) is 11.2. The largest absolute Gasteiger partial charge is 0.423 e. The Labute approximate surface area is 319 Å². The molecule has 300 valence electrons. The van der Waals surface area contributed by atoms with Gasteiger partial charge in [0.2, 0.25) is 0 Å². The van der Waals surface area contributed by atoms with Crippen LogP contribution in [-0.2, 0) is 33.4 Å². The van der Waals surface area contributed by atoms with E-state index in [1.807, 2.05) is 0 Å². The van der Waals surface area contributed by atoms with Crippen molar-refractivity contribution >= 4 is 35.9 Å². The fourth-order valence-corrected chi connectivity index (χ4v) is 4.07. The Balaban J connectivity index is 2.02. The van der Waals surface area contributed by atoms with Crippen LogP contribution in [0.4, 0.5) is 26.3 Å². The smallest absolute Gasteiger partial charge is 0.422 e. The SMILES string of the molecule is C=C(COC)C(=O)Oc1cc(-c2ccc(OC(=O)C(=C)C(F)(F)F)cc2)c(OC(=O)C(=C)COC)cc1/C=C/C(=O)Oc1ccc(OC(=O)C(=C)C(F)(F)F)cc1. The van der Waals surface area contributed by atoms with Crippen LogP contribution in [0.2, 0.25) is 0 Å². The summed E-state index contributed by atoms with van der Waals surface area (Å²) in [4.78, 5) is 62.3. The third kappa shape index (κ3) is 12.9. The van der Waals surface area contributed by atoms with Crippen LogP contribution in [0.1, 0.15) is 5.56 Å². The molecule has 0 spiro atoms. The van der Waals surface area contributed by atoms with E-state index in [1.165, 1.54) is 38.5 Å². The summed E-state index contributed by atoms with van der Waals surface area (Å²) in [6.45, 7) is 12.0. The van der Waals surface area contributed by atoms with Gasteiger partial charge in [-0.1, -0.05) is 38.4 Å². The van der Waals surface area contributed by atoms with Crippen molar-refractivity contribution in [3.8, 4) is 39.9 Å². The summed E-state index contributed by atoms with van der Waals surface area (Å²) in [5, 5.41) is 0. The molecule has 0 bridgehead atoms. The van der Waals surface area contributed by atoms with Gasteiger partial charge in [0.15, 0.2) is 0 Å². The molecule has 0 heterocycles. The number of rotatable bonds is 16. The number of ether oxygens (including phenoxy) is 7. The van der Waals surface area contributed by atoms with Crippen molar-refractivity contribution in [1.82, 2.24) is 0 Å². The number of esters is 5. The van der Waals surface area contributed by atoms with Gasteiger partial charge < -0.3 is 33.2 Å². The van der Waals surface area contributed by atoms with Crippen LogP contribution in [-0.4, -0.2) is 69.6 Å². The van der Waals surface area contributed by atoms with Crippen LogP contribution >= 0.6 is 0 Å². The van der Waals surface area contributed by atoms with Gasteiger partial charge in [0.05, 0.1) is 24.4 Å². The summed E-state index contributed by atoms with van der Waals surface area (Å²) >= 11 is 0. The first-order valence-corrected chi connectivity index (χ1v) is 15.7. The first kappa shape index (κ1) is 44.6. The summed E-state index contributed by atoms with van der Waals surface area (Å²) in [5.41, 5.74) is -3.61. The third-order valence-electron chi connectivity index (χ3n) is 6.94. The van der Waals surface area contributed by atoms with E-state index in [1.54, 1.807) is 0 Å². The summed E-state index contributed by atoms with van der Waals surface area (Å²) in [6, 6.07) is 11.5. The zero-order valence-electron chi connectivity index (χ0n) is 29.8. The van der Waals surface area contributed by atoms with Crippen molar-refractivity contribution in [2.75, 3.05) is 27.4 Å². The highest BCUT2D eigenvalue weighted by molar-refractivity contribution is 5.95. The lowest BCUT2D eigenvalue weighted by Crippen LogP contribution is -2.23. The minimum atomic E-state index is -5.04. The van der Waals surface area contributed by atoms with Crippen LogP contribution in [0, 0.1) is 0 Å². The lowest BCUT2D eigenvalue weighted by atomic mass is 10.0. The molecule has 57 heavy (non-hydrogen) atoms. The topological polar surface area (TPSA) is 150 Å². The predicted octanol–water partition coefficient (Wildman–Crippen LogP) is 7.24. The number of hydrogen-bond acceptors (Lipinski definition) is 12. The van der Waals surface area contributed by atoms with Crippen LogP contribution in [0.5, 0.6) is 28.7 Å². The zero-order chi connectivity index (χ0) is 42.7. The van der Waals surface area contributed by atoms with Crippen molar-refractivity contribution in [3.05, 3.63) is 121 Å². The van der Waals surface area contributed by atoms with Crippen molar-refractivity contribution in [2.45, 2.75) is 12.4 Å². The van der Waals surface area contributed by atoms with E-state index in [-0.39, 0.29) is 69.8 Å². The van der Waals surface area contributed by atoms with Crippen molar-refractivity contribution < 1.29 is 83.5 Å². The average Bonchev–Trinajstić information content (AvgIpc) is 3.14. The maximum Gasteiger partial charge on any atom is 0.422 e. The van der Waals surface area contributed by atoms with Gasteiger partial charge in [-0.05, 0) is 60.2 Å². The number of alkyl halides is 6. The highest BCUT2D eigenvalue weighted by atomic mass is 19.4. The van der Waals surface area contributed by atoms with E-state index in [9.17, 15) is 50.3 Å². The van der Waals surface area contributed by atoms with Crippen molar-refractivity contribution in [2.24, 2.45) is 0 Å². The van der Waals surface area contributed by atoms with E-state index in [0.717, 1.165) is 48.6 Å². The predicted molar refractivity (Wildman–Crippen MR) is 188 cm³/mol. The van der Waals surface area contributed by atoms with Crippen LogP contribution < -0.4 is 23.7 Å². The summed E-state index contributed by atoms with van der Waals surface area (Å²) in [5.74, 6) is -7.75. The Morgan fingerprint density at radius 1 is 0.561 bits per heavy atom. The van der Waals surface area contributed by atoms with Gasteiger partial charge in [-0.2, -0.15) is 26.3 Å². The highest BCUT2D eigenvalue weighted by Gasteiger charge is 2.39. The molecule has 0 saturated carbocycles. The standard InChI is InChI=1S/C39H30F6O12/c1-21(19-51-5)34(47)56-31-18-30(25-7-10-28(11-8-25)54-36(49)23(3)38(40,41)42)32(57-35(48)22(2)20-52-6)17-26(31)9-16-33(46)53-27-12-14-29(15-13-27)55-37(50)24(4)39(43,44)45/h7-18H,1-4,19-20H2,5-6H3/b16-9+. The number of hydrogen-bond donors (Lipinski definition) is 0. The molecule has 3 aromatic rings. The molecule has 0 fully saturated rings. The zero-order valence-corrected chi connectivity index (χ0v) is 29.8. The average molecular weight is 805 g/mol. The van der Waals surface area contributed by atoms with Gasteiger partial charge >= 0.3 is 42.2 Å². The maximum atomic E-state index is 12.9. The molecule has 0 aromatic heterocycles. The molecular weight excluding hydrogens is 774 g/mol. The van der Waals surface area contributed by atoms with Crippen LogP contribution in [0.3, 0.4) is 0 Å². The Bertz CT molecular complexity index is 2110. The molecule has 3 aromatic carbocycles.